The zero-order valence-corrected chi connectivity index (χ0v) is 16.9. The molecule has 29 heavy (non-hydrogen) atoms. The lowest BCUT2D eigenvalue weighted by Crippen LogP contribution is -2.38. The van der Waals surface area contributed by atoms with Gasteiger partial charge < -0.3 is 19.6 Å². The molecule has 1 amide bonds. The second kappa shape index (κ2) is 7.16. The van der Waals surface area contributed by atoms with Crippen LogP contribution in [0.4, 0.5) is 0 Å². The van der Waals surface area contributed by atoms with Crippen molar-refractivity contribution in [1.29, 1.82) is 0 Å². The van der Waals surface area contributed by atoms with E-state index in [-0.39, 0.29) is 5.91 Å². The second-order valence-electron chi connectivity index (χ2n) is 7.58. The van der Waals surface area contributed by atoms with Crippen LogP contribution in [0.25, 0.3) is 21.8 Å². The average molecular weight is 408 g/mol. The normalized spacial score (nSPS) is 15.3. The van der Waals surface area contributed by atoms with Crippen LogP contribution in [0.2, 0.25) is 5.02 Å². The minimum absolute atomic E-state index is 0.0229. The Morgan fingerprint density at radius 2 is 1.90 bits per heavy atom. The minimum atomic E-state index is -0.0229. The third-order valence-electron chi connectivity index (χ3n) is 6.00. The number of aromatic nitrogens is 2. The van der Waals surface area contributed by atoms with E-state index >= 15 is 0 Å². The third kappa shape index (κ3) is 3.06. The fourth-order valence-electron chi connectivity index (χ4n) is 4.39. The van der Waals surface area contributed by atoms with Crippen molar-refractivity contribution in [2.24, 2.45) is 0 Å². The number of rotatable bonds is 3. The topological polar surface area (TPSA) is 61.1 Å². The van der Waals surface area contributed by atoms with Crippen LogP contribution in [-0.4, -0.2) is 41.0 Å². The quantitative estimate of drug-likeness (QED) is 0.482. The summed E-state index contributed by atoms with van der Waals surface area (Å²) in [6, 6.07) is 13.8. The van der Waals surface area contributed by atoms with Crippen molar-refractivity contribution < 1.29 is 9.53 Å². The summed E-state index contributed by atoms with van der Waals surface area (Å²) in [5.74, 6) is 1.25. The molecule has 2 N–H and O–H groups in total. The Hall–Kier alpha value is -2.92. The maximum absolute atomic E-state index is 13.1. The van der Waals surface area contributed by atoms with Gasteiger partial charge in [-0.25, -0.2) is 0 Å². The second-order valence-corrected chi connectivity index (χ2v) is 7.96. The molecule has 0 radical (unpaired) electrons. The highest BCUT2D eigenvalue weighted by Gasteiger charge is 2.28. The van der Waals surface area contributed by atoms with Gasteiger partial charge in [-0.1, -0.05) is 29.8 Å². The number of hydrogen-bond donors (Lipinski definition) is 2. The summed E-state index contributed by atoms with van der Waals surface area (Å²) in [6.07, 6.45) is 3.95. The number of carbonyl (C=O) groups is 1. The highest BCUT2D eigenvalue weighted by molar-refractivity contribution is 6.38. The van der Waals surface area contributed by atoms with Gasteiger partial charge in [0, 0.05) is 41.1 Å². The van der Waals surface area contributed by atoms with Gasteiger partial charge in [0.15, 0.2) is 0 Å². The van der Waals surface area contributed by atoms with Gasteiger partial charge in [0.05, 0.1) is 12.1 Å². The molecule has 5 nitrogen and oxygen atoms in total. The van der Waals surface area contributed by atoms with Crippen LogP contribution in [0.3, 0.4) is 0 Å². The Labute approximate surface area is 173 Å². The molecular weight excluding hydrogens is 386 g/mol. The molecule has 6 heteroatoms. The molecule has 0 saturated carbocycles. The summed E-state index contributed by atoms with van der Waals surface area (Å²) in [5, 5.41) is 2.60. The molecule has 1 aliphatic rings. The summed E-state index contributed by atoms with van der Waals surface area (Å²) in [5.41, 5.74) is 3.80. The number of amides is 1. The van der Waals surface area contributed by atoms with Gasteiger partial charge in [-0.05, 0) is 48.6 Å². The van der Waals surface area contributed by atoms with Crippen molar-refractivity contribution in [2.45, 2.75) is 18.8 Å². The summed E-state index contributed by atoms with van der Waals surface area (Å²) in [4.78, 5) is 21.5. The number of nitrogens with one attached hydrogen (secondary N) is 2. The van der Waals surface area contributed by atoms with Gasteiger partial charge in [0.25, 0.3) is 5.91 Å². The van der Waals surface area contributed by atoms with Gasteiger partial charge in [0.2, 0.25) is 0 Å². The number of H-pyrrole nitrogens is 2. The number of methoxy groups -OCH3 is 1. The zero-order valence-electron chi connectivity index (χ0n) is 16.2. The third-order valence-corrected chi connectivity index (χ3v) is 6.39. The van der Waals surface area contributed by atoms with Crippen molar-refractivity contribution in [2.75, 3.05) is 20.2 Å². The van der Waals surface area contributed by atoms with Crippen molar-refractivity contribution >= 4 is 39.3 Å². The lowest BCUT2D eigenvalue weighted by molar-refractivity contribution is 0.0708. The highest BCUT2D eigenvalue weighted by atomic mass is 35.5. The van der Waals surface area contributed by atoms with Crippen LogP contribution in [0, 0.1) is 0 Å². The molecule has 2 aromatic carbocycles. The van der Waals surface area contributed by atoms with E-state index in [1.165, 1.54) is 10.9 Å². The van der Waals surface area contributed by atoms with E-state index in [1.54, 1.807) is 7.11 Å². The SMILES string of the molecule is COc1ccc2[nH]cc(C3CCN(C(=O)c4[nH]c5ccccc5c4Cl)CC3)c2c1. The van der Waals surface area contributed by atoms with Gasteiger partial charge >= 0.3 is 0 Å². The fourth-order valence-corrected chi connectivity index (χ4v) is 4.69. The number of hydrogen-bond acceptors (Lipinski definition) is 2. The predicted molar refractivity (Wildman–Crippen MR) is 116 cm³/mol. The number of benzene rings is 2. The largest absolute Gasteiger partial charge is 0.497 e. The Balaban J connectivity index is 1.35. The van der Waals surface area contributed by atoms with Crippen molar-refractivity contribution in [1.82, 2.24) is 14.9 Å². The first-order chi connectivity index (χ1) is 14.2. The minimum Gasteiger partial charge on any atom is -0.497 e. The highest BCUT2D eigenvalue weighted by Crippen LogP contribution is 2.36. The number of halogens is 1. The molecular formula is C23H22ClN3O2. The van der Waals surface area contributed by atoms with Crippen LogP contribution in [-0.2, 0) is 0 Å². The summed E-state index contributed by atoms with van der Waals surface area (Å²) < 4.78 is 5.38. The number of nitrogens with zero attached hydrogens (tertiary/aromatic N) is 1. The fraction of sp³-hybridized carbons (Fsp3) is 0.261. The van der Waals surface area contributed by atoms with Crippen molar-refractivity contribution in [3.05, 3.63) is 64.9 Å². The van der Waals surface area contributed by atoms with E-state index in [0.29, 0.717) is 29.7 Å². The molecule has 0 unspecified atom stereocenters. The lowest BCUT2D eigenvalue weighted by atomic mass is 9.89. The number of piperidine rings is 1. The van der Waals surface area contributed by atoms with Gasteiger partial charge in [-0.3, -0.25) is 4.79 Å². The molecule has 4 aromatic rings. The molecule has 1 fully saturated rings. The lowest BCUT2D eigenvalue weighted by Gasteiger charge is -2.31. The average Bonchev–Trinajstić information content (AvgIpc) is 3.34. The molecule has 148 valence electrons. The summed E-state index contributed by atoms with van der Waals surface area (Å²) in [6.45, 7) is 1.43. The van der Waals surface area contributed by atoms with Crippen LogP contribution in [0.5, 0.6) is 5.75 Å². The Morgan fingerprint density at radius 1 is 1.10 bits per heavy atom. The first-order valence-electron chi connectivity index (χ1n) is 9.86. The van der Waals surface area contributed by atoms with Crippen LogP contribution in [0.15, 0.2) is 48.7 Å². The molecule has 1 aliphatic heterocycles. The van der Waals surface area contributed by atoms with Crippen molar-refractivity contribution in [3.63, 3.8) is 0 Å². The molecule has 2 aromatic heterocycles. The first-order valence-corrected chi connectivity index (χ1v) is 10.2. The molecule has 5 rings (SSSR count). The van der Waals surface area contributed by atoms with E-state index in [9.17, 15) is 4.79 Å². The molecule has 0 aliphatic carbocycles. The van der Waals surface area contributed by atoms with Crippen LogP contribution < -0.4 is 4.74 Å². The summed E-state index contributed by atoms with van der Waals surface area (Å²) in [7, 11) is 1.69. The molecule has 0 spiro atoms. The Bertz CT molecular complexity index is 1200. The summed E-state index contributed by atoms with van der Waals surface area (Å²) >= 11 is 6.48. The Kier molecular flexibility index (Phi) is 4.47. The molecule has 0 bridgehead atoms. The van der Waals surface area contributed by atoms with Crippen LogP contribution in [0.1, 0.15) is 34.8 Å². The van der Waals surface area contributed by atoms with Crippen molar-refractivity contribution in [3.8, 4) is 5.75 Å². The molecule has 0 atom stereocenters. The Morgan fingerprint density at radius 3 is 2.66 bits per heavy atom. The standard InChI is InChI=1S/C23H22ClN3O2/c1-29-15-6-7-19-17(12-15)18(13-25-19)14-8-10-27(11-9-14)23(28)22-21(24)16-4-2-3-5-20(16)26-22/h2-7,12-14,25-26H,8-11H2,1H3. The number of para-hydroxylation sites is 1. The number of carbonyl (C=O) groups excluding carboxylic acids is 1. The molecule has 3 heterocycles. The number of ether oxygens (including phenoxy) is 1. The zero-order chi connectivity index (χ0) is 20.0. The van der Waals surface area contributed by atoms with Gasteiger partial charge in [0.1, 0.15) is 11.4 Å². The van der Waals surface area contributed by atoms with E-state index in [0.717, 1.165) is 35.0 Å². The van der Waals surface area contributed by atoms with Gasteiger partial charge in [-0.15, -0.1) is 0 Å². The van der Waals surface area contributed by atoms with Crippen LogP contribution >= 0.6 is 11.6 Å². The maximum Gasteiger partial charge on any atom is 0.271 e. The smallest absolute Gasteiger partial charge is 0.271 e. The predicted octanol–water partition coefficient (Wildman–Crippen LogP) is 5.33. The monoisotopic (exact) mass is 407 g/mol. The first kappa shape index (κ1) is 18.1. The van der Waals surface area contributed by atoms with E-state index in [2.05, 4.69) is 22.2 Å². The van der Waals surface area contributed by atoms with E-state index < -0.39 is 0 Å². The maximum atomic E-state index is 13.1. The van der Waals surface area contributed by atoms with Gasteiger partial charge in [-0.2, -0.15) is 0 Å². The number of aromatic amines is 2. The number of likely N-dealkylation sites (tertiary alicyclic amines) is 1. The van der Waals surface area contributed by atoms with E-state index in [4.69, 9.17) is 16.3 Å². The van der Waals surface area contributed by atoms with E-state index in [1.807, 2.05) is 41.3 Å². The number of fused-ring (bicyclic) bond motifs is 2. The molecule has 1 saturated heterocycles.